The minimum absolute atomic E-state index is 0. The second-order valence-electron chi connectivity index (χ2n) is 7.25. The third-order valence-corrected chi connectivity index (χ3v) is 5.57. The van der Waals surface area contributed by atoms with E-state index in [0.29, 0.717) is 11.1 Å². The Bertz CT molecular complexity index is 948. The fourth-order valence-corrected chi connectivity index (χ4v) is 3.82. The Morgan fingerprint density at radius 3 is 2.43 bits per heavy atom. The predicted octanol–water partition coefficient (Wildman–Crippen LogP) is 4.32. The molecule has 0 spiro atoms. The summed E-state index contributed by atoms with van der Waals surface area (Å²) >= 11 is 6.22. The van der Waals surface area contributed by atoms with Gasteiger partial charge < -0.3 is 25.9 Å². The maximum atomic E-state index is 6.22. The van der Waals surface area contributed by atoms with E-state index in [1.54, 1.807) is 7.11 Å². The molecule has 0 bridgehead atoms. The smallest absolute Gasteiger partial charge is 0.119 e. The molecule has 5 N–H and O–H groups in total. The van der Waals surface area contributed by atoms with Gasteiger partial charge in [0.15, 0.2) is 0 Å². The highest BCUT2D eigenvalue weighted by atomic mass is 35.5. The van der Waals surface area contributed by atoms with Crippen LogP contribution in [0.25, 0.3) is 21.8 Å². The number of aromatic nitrogens is 1. The zero-order valence-electron chi connectivity index (χ0n) is 18.3. The van der Waals surface area contributed by atoms with E-state index in [2.05, 4.69) is 43.1 Å². The summed E-state index contributed by atoms with van der Waals surface area (Å²) in [4.78, 5) is 7.27. The Morgan fingerprint density at radius 1 is 1.03 bits per heavy atom. The summed E-state index contributed by atoms with van der Waals surface area (Å²) in [7, 11) is 1.69. The number of methoxy groups -OCH3 is 1. The van der Waals surface area contributed by atoms with Crippen molar-refractivity contribution >= 4 is 39.1 Å². The van der Waals surface area contributed by atoms with Crippen molar-refractivity contribution in [1.82, 2.24) is 9.88 Å². The van der Waals surface area contributed by atoms with E-state index >= 15 is 0 Å². The number of nitrogens with one attached hydrogen (secondary N) is 1. The lowest BCUT2D eigenvalue weighted by Gasteiger charge is -2.22. The Labute approximate surface area is 183 Å². The first-order chi connectivity index (χ1) is 13.5. The van der Waals surface area contributed by atoms with E-state index in [0.717, 1.165) is 59.3 Å². The van der Waals surface area contributed by atoms with Crippen LogP contribution in [0.4, 0.5) is 5.69 Å². The van der Waals surface area contributed by atoms with Crippen LogP contribution in [0, 0.1) is 0 Å². The van der Waals surface area contributed by atoms with E-state index in [-0.39, 0.29) is 11.0 Å². The van der Waals surface area contributed by atoms with Crippen LogP contribution in [0.15, 0.2) is 36.4 Å². The van der Waals surface area contributed by atoms with Crippen molar-refractivity contribution in [2.75, 3.05) is 32.1 Å². The Morgan fingerprint density at radius 2 is 1.77 bits per heavy atom. The molecule has 7 heteroatoms. The lowest BCUT2D eigenvalue weighted by molar-refractivity contribution is 0.295. The van der Waals surface area contributed by atoms with Crippen LogP contribution in [0.2, 0.25) is 5.02 Å². The van der Waals surface area contributed by atoms with Crippen LogP contribution in [0.1, 0.15) is 33.6 Å². The number of nitrogens with zero attached hydrogens (tertiary/aromatic N) is 2. The number of halogens is 1. The highest BCUT2D eigenvalue weighted by molar-refractivity contribution is 6.31. The lowest BCUT2D eigenvalue weighted by Crippen LogP contribution is -2.25. The fourth-order valence-electron chi connectivity index (χ4n) is 3.66. The summed E-state index contributed by atoms with van der Waals surface area (Å²) in [5.74, 6) is 0.833. The first-order valence-electron chi connectivity index (χ1n) is 10.1. The summed E-state index contributed by atoms with van der Waals surface area (Å²) in [5, 5.41) is 6.61. The van der Waals surface area contributed by atoms with Crippen molar-refractivity contribution < 1.29 is 15.7 Å². The molecule has 6 nitrogen and oxygen atoms in total. The molecule has 1 heterocycles. The number of ether oxygens (including phenoxy) is 1. The monoisotopic (exact) mass is 435 g/mol. The van der Waals surface area contributed by atoms with Gasteiger partial charge in [0.1, 0.15) is 5.75 Å². The lowest BCUT2D eigenvalue weighted by atomic mass is 10.1. The quantitative estimate of drug-likeness (QED) is 0.505. The molecular formula is C23H34ClN3O3. The Kier molecular flexibility index (Phi) is 10.3. The van der Waals surface area contributed by atoms with Crippen molar-refractivity contribution in [1.29, 1.82) is 0 Å². The molecule has 0 aliphatic heterocycles. The van der Waals surface area contributed by atoms with Crippen LogP contribution in [0.5, 0.6) is 5.75 Å². The summed E-state index contributed by atoms with van der Waals surface area (Å²) in [5.41, 5.74) is 2.95. The second-order valence-corrected chi connectivity index (χ2v) is 7.68. The zero-order valence-corrected chi connectivity index (χ0v) is 19.0. The van der Waals surface area contributed by atoms with Crippen molar-refractivity contribution in [3.8, 4) is 5.75 Å². The minimum atomic E-state index is 0. The summed E-state index contributed by atoms with van der Waals surface area (Å²) in [6, 6.07) is 12.3. The molecule has 2 aromatic carbocycles. The summed E-state index contributed by atoms with van der Waals surface area (Å²) in [6.07, 6.45) is 2.28. The van der Waals surface area contributed by atoms with Gasteiger partial charge in [0, 0.05) is 21.8 Å². The van der Waals surface area contributed by atoms with Gasteiger partial charge in [0.2, 0.25) is 0 Å². The average molecular weight is 436 g/mol. The third kappa shape index (κ3) is 5.95. The fraction of sp³-hybridized carbons (Fsp3) is 0.435. The van der Waals surface area contributed by atoms with Gasteiger partial charge in [-0.25, -0.2) is 4.98 Å². The first kappa shape index (κ1) is 25.9. The van der Waals surface area contributed by atoms with Gasteiger partial charge in [-0.1, -0.05) is 25.4 Å². The van der Waals surface area contributed by atoms with E-state index in [4.69, 9.17) is 21.3 Å². The normalized spacial score (nSPS) is 11.8. The van der Waals surface area contributed by atoms with Gasteiger partial charge in [-0.05, 0) is 75.8 Å². The van der Waals surface area contributed by atoms with Gasteiger partial charge in [-0.15, -0.1) is 0 Å². The molecule has 30 heavy (non-hydrogen) atoms. The van der Waals surface area contributed by atoms with E-state index < -0.39 is 0 Å². The maximum Gasteiger partial charge on any atom is 0.119 e. The maximum absolute atomic E-state index is 6.22. The number of benzene rings is 2. The van der Waals surface area contributed by atoms with Gasteiger partial charge in [0.25, 0.3) is 0 Å². The number of hydrogen-bond acceptors (Lipinski definition) is 4. The summed E-state index contributed by atoms with van der Waals surface area (Å²) < 4.78 is 5.45. The highest BCUT2D eigenvalue weighted by Crippen LogP contribution is 2.34. The number of anilines is 1. The van der Waals surface area contributed by atoms with Crippen LogP contribution in [-0.2, 0) is 0 Å². The van der Waals surface area contributed by atoms with Crippen molar-refractivity contribution in [3.63, 3.8) is 0 Å². The molecule has 0 aliphatic rings. The van der Waals surface area contributed by atoms with E-state index in [1.165, 1.54) is 6.42 Å². The number of fused-ring (bicyclic) bond motifs is 2. The van der Waals surface area contributed by atoms with Gasteiger partial charge >= 0.3 is 0 Å². The molecule has 0 aliphatic carbocycles. The van der Waals surface area contributed by atoms with Crippen molar-refractivity contribution in [3.05, 3.63) is 41.4 Å². The van der Waals surface area contributed by atoms with Crippen LogP contribution in [0.3, 0.4) is 0 Å². The number of hydrogen-bond donors (Lipinski definition) is 1. The topological polar surface area (TPSA) is 100 Å². The number of pyridine rings is 1. The molecule has 166 valence electrons. The van der Waals surface area contributed by atoms with E-state index in [9.17, 15) is 0 Å². The standard InChI is InChI=1S/C23H30ClN3O.2H2O/c1-5-27(6-2)13-7-8-16(3)25-23-19-11-9-17(24)14-22(19)26-21-12-10-18(28-4)15-20(21)23;;/h9-12,14-16H,5-8,13H2,1-4H3,(H,25,26);2*1H2. The molecule has 3 aromatic rings. The molecule has 0 saturated carbocycles. The zero-order chi connectivity index (χ0) is 20.1. The molecule has 0 fully saturated rings. The average Bonchev–Trinajstić information content (AvgIpc) is 2.70. The van der Waals surface area contributed by atoms with Crippen LogP contribution >= 0.6 is 11.6 Å². The van der Waals surface area contributed by atoms with Gasteiger partial charge in [-0.3, -0.25) is 0 Å². The molecule has 3 rings (SSSR count). The van der Waals surface area contributed by atoms with Crippen molar-refractivity contribution in [2.24, 2.45) is 0 Å². The first-order valence-corrected chi connectivity index (χ1v) is 10.5. The molecule has 1 atom stereocenters. The van der Waals surface area contributed by atoms with Gasteiger partial charge in [-0.2, -0.15) is 0 Å². The largest absolute Gasteiger partial charge is 0.497 e. The molecule has 1 unspecified atom stereocenters. The number of rotatable bonds is 9. The van der Waals surface area contributed by atoms with E-state index in [1.807, 2.05) is 24.3 Å². The predicted molar refractivity (Wildman–Crippen MR) is 128 cm³/mol. The SMILES string of the molecule is CCN(CC)CCCC(C)Nc1c2ccc(Cl)cc2nc2ccc(OC)cc12.O.O. The van der Waals surface area contributed by atoms with Crippen molar-refractivity contribution in [2.45, 2.75) is 39.7 Å². The molecule has 1 aromatic heterocycles. The van der Waals surface area contributed by atoms with Crippen LogP contribution < -0.4 is 10.1 Å². The highest BCUT2D eigenvalue weighted by Gasteiger charge is 2.13. The van der Waals surface area contributed by atoms with Crippen LogP contribution in [-0.4, -0.2) is 53.6 Å². The Hall–Kier alpha value is -2.12. The summed E-state index contributed by atoms with van der Waals surface area (Å²) in [6.45, 7) is 10.0. The third-order valence-electron chi connectivity index (χ3n) is 5.34. The molecule has 0 radical (unpaired) electrons. The molecule has 0 amide bonds. The second kappa shape index (κ2) is 11.9. The molecular weight excluding hydrogens is 402 g/mol. The Balaban J connectivity index is 0.00000225. The minimum Gasteiger partial charge on any atom is -0.497 e. The van der Waals surface area contributed by atoms with Gasteiger partial charge in [0.05, 0.1) is 23.8 Å². The molecule has 0 saturated heterocycles.